The van der Waals surface area contributed by atoms with Gasteiger partial charge in [-0.25, -0.2) is 0 Å². The largest absolute Gasteiger partial charge is 0.393 e. The summed E-state index contributed by atoms with van der Waals surface area (Å²) < 4.78 is 0. The molecule has 0 amide bonds. The van der Waals surface area contributed by atoms with Gasteiger partial charge >= 0.3 is 0 Å². The van der Waals surface area contributed by atoms with Crippen LogP contribution in [0, 0.1) is 0 Å². The van der Waals surface area contributed by atoms with Crippen LogP contribution >= 0.6 is 11.8 Å². The van der Waals surface area contributed by atoms with Gasteiger partial charge in [0.1, 0.15) is 0 Å². The average Bonchev–Trinajstić information content (AvgIpc) is 1.87. The van der Waals surface area contributed by atoms with Crippen LogP contribution in [0.4, 0.5) is 0 Å². The Morgan fingerprint density at radius 1 is 1.30 bits per heavy atom. The van der Waals surface area contributed by atoms with Crippen molar-refractivity contribution < 1.29 is 10.2 Å². The number of hydrogen-bond acceptors (Lipinski definition) is 3. The van der Waals surface area contributed by atoms with Crippen molar-refractivity contribution in [3.8, 4) is 0 Å². The summed E-state index contributed by atoms with van der Waals surface area (Å²) in [6, 6.07) is 0. The van der Waals surface area contributed by atoms with Crippen LogP contribution in [0.15, 0.2) is 0 Å². The summed E-state index contributed by atoms with van der Waals surface area (Å²) in [6.07, 6.45) is 0.338. The van der Waals surface area contributed by atoms with Gasteiger partial charge in [0.2, 0.25) is 0 Å². The summed E-state index contributed by atoms with van der Waals surface area (Å²) in [6.45, 7) is 3.71. The highest BCUT2D eigenvalue weighted by atomic mass is 32.2. The molecule has 2 atom stereocenters. The number of aliphatic hydroxyl groups excluding tert-OH is 2. The zero-order valence-electron chi connectivity index (χ0n) is 6.58. The molecule has 0 aromatic rings. The Kier molecular flexibility index (Phi) is 6.17. The predicted octanol–water partition coefficient (Wildman–Crippen LogP) is 0.871. The van der Waals surface area contributed by atoms with Crippen LogP contribution in [-0.4, -0.2) is 33.9 Å². The van der Waals surface area contributed by atoms with E-state index in [1.165, 1.54) is 0 Å². The van der Waals surface area contributed by atoms with E-state index in [0.717, 1.165) is 17.9 Å². The number of aliphatic hydroxyl groups is 2. The van der Waals surface area contributed by atoms with E-state index in [-0.39, 0.29) is 12.2 Å². The average molecular weight is 164 g/mol. The first-order valence-electron chi connectivity index (χ1n) is 3.60. The van der Waals surface area contributed by atoms with E-state index in [4.69, 9.17) is 10.2 Å². The second-order valence-electron chi connectivity index (χ2n) is 2.45. The molecule has 0 aliphatic carbocycles. The predicted molar refractivity (Wildman–Crippen MR) is 45.3 cm³/mol. The smallest absolute Gasteiger partial charge is 0.0628 e. The normalized spacial score (nSPS) is 16.8. The van der Waals surface area contributed by atoms with Gasteiger partial charge in [-0.2, -0.15) is 11.8 Å². The fourth-order valence-corrected chi connectivity index (χ4v) is 1.48. The van der Waals surface area contributed by atoms with Gasteiger partial charge < -0.3 is 10.2 Å². The molecule has 0 heterocycles. The van der Waals surface area contributed by atoms with Gasteiger partial charge in [0, 0.05) is 11.5 Å². The van der Waals surface area contributed by atoms with E-state index >= 15 is 0 Å². The maximum Gasteiger partial charge on any atom is 0.0628 e. The molecular formula is C7H16O2S. The summed E-state index contributed by atoms with van der Waals surface area (Å²) in [4.78, 5) is 0. The maximum atomic E-state index is 9.07. The quantitative estimate of drug-likeness (QED) is 0.633. The Bertz CT molecular complexity index is 76.0. The minimum Gasteiger partial charge on any atom is -0.393 e. The van der Waals surface area contributed by atoms with Crippen molar-refractivity contribution in [3.05, 3.63) is 0 Å². The second kappa shape index (κ2) is 6.01. The Balaban J connectivity index is 3.03. The third kappa shape index (κ3) is 6.39. The topological polar surface area (TPSA) is 40.5 Å². The summed E-state index contributed by atoms with van der Waals surface area (Å²) >= 11 is 1.59. The molecule has 2 N–H and O–H groups in total. The molecule has 0 aromatic carbocycles. The molecule has 10 heavy (non-hydrogen) atoms. The van der Waals surface area contributed by atoms with Crippen molar-refractivity contribution in [2.24, 2.45) is 0 Å². The first-order valence-corrected chi connectivity index (χ1v) is 4.76. The first kappa shape index (κ1) is 10.3. The van der Waals surface area contributed by atoms with Gasteiger partial charge in [0.25, 0.3) is 0 Å². The minimum absolute atomic E-state index is 0.205. The molecule has 62 valence electrons. The SMILES string of the molecule is CCC(O)CSCC(C)O. The molecule has 0 radical (unpaired) electrons. The molecule has 0 aliphatic heterocycles. The molecular weight excluding hydrogens is 148 g/mol. The second-order valence-corrected chi connectivity index (χ2v) is 3.52. The van der Waals surface area contributed by atoms with E-state index < -0.39 is 0 Å². The molecule has 3 heteroatoms. The molecule has 0 aromatic heterocycles. The lowest BCUT2D eigenvalue weighted by atomic mass is 10.3. The van der Waals surface area contributed by atoms with Gasteiger partial charge in [0.15, 0.2) is 0 Å². The molecule has 0 spiro atoms. The lowest BCUT2D eigenvalue weighted by Gasteiger charge is -2.07. The molecule has 0 aliphatic rings. The van der Waals surface area contributed by atoms with E-state index in [1.807, 2.05) is 6.92 Å². The Morgan fingerprint density at radius 2 is 1.90 bits per heavy atom. The highest BCUT2D eigenvalue weighted by Gasteiger charge is 2.01. The van der Waals surface area contributed by atoms with Gasteiger partial charge in [-0.1, -0.05) is 6.92 Å². The van der Waals surface area contributed by atoms with Crippen LogP contribution in [0.5, 0.6) is 0 Å². The molecule has 2 nitrogen and oxygen atoms in total. The number of thioether (sulfide) groups is 1. The Labute approximate surface area is 66.6 Å². The monoisotopic (exact) mass is 164 g/mol. The Hall–Kier alpha value is 0.270. The highest BCUT2D eigenvalue weighted by Crippen LogP contribution is 2.06. The van der Waals surface area contributed by atoms with Crippen molar-refractivity contribution in [2.75, 3.05) is 11.5 Å². The van der Waals surface area contributed by atoms with Crippen molar-refractivity contribution in [1.82, 2.24) is 0 Å². The molecule has 0 rings (SSSR count). The summed E-state index contributed by atoms with van der Waals surface area (Å²) in [5.41, 5.74) is 0. The van der Waals surface area contributed by atoms with Gasteiger partial charge in [0.05, 0.1) is 12.2 Å². The van der Waals surface area contributed by atoms with Crippen LogP contribution in [0.25, 0.3) is 0 Å². The number of hydrogen-bond donors (Lipinski definition) is 2. The zero-order valence-corrected chi connectivity index (χ0v) is 7.40. The first-order chi connectivity index (χ1) is 4.66. The lowest BCUT2D eigenvalue weighted by molar-refractivity contribution is 0.194. The Morgan fingerprint density at radius 3 is 2.30 bits per heavy atom. The third-order valence-electron chi connectivity index (χ3n) is 1.14. The zero-order chi connectivity index (χ0) is 7.98. The van der Waals surface area contributed by atoms with Crippen molar-refractivity contribution in [2.45, 2.75) is 32.5 Å². The molecule has 0 bridgehead atoms. The highest BCUT2D eigenvalue weighted by molar-refractivity contribution is 7.99. The van der Waals surface area contributed by atoms with Gasteiger partial charge in [-0.3, -0.25) is 0 Å². The van der Waals surface area contributed by atoms with Crippen molar-refractivity contribution in [3.63, 3.8) is 0 Å². The van der Waals surface area contributed by atoms with Crippen LogP contribution < -0.4 is 0 Å². The van der Waals surface area contributed by atoms with Crippen LogP contribution in [0.3, 0.4) is 0 Å². The molecule has 0 fully saturated rings. The van der Waals surface area contributed by atoms with Gasteiger partial charge in [-0.05, 0) is 13.3 Å². The fraction of sp³-hybridized carbons (Fsp3) is 1.00. The van der Waals surface area contributed by atoms with E-state index in [2.05, 4.69) is 0 Å². The standard InChI is InChI=1S/C7H16O2S/c1-3-7(9)5-10-4-6(2)8/h6-9H,3-5H2,1-2H3. The summed E-state index contributed by atoms with van der Waals surface area (Å²) in [7, 11) is 0. The number of rotatable bonds is 5. The summed E-state index contributed by atoms with van der Waals surface area (Å²) in [5, 5.41) is 17.9. The third-order valence-corrected chi connectivity index (χ3v) is 2.48. The van der Waals surface area contributed by atoms with E-state index in [9.17, 15) is 0 Å². The fourth-order valence-electron chi connectivity index (χ4n) is 0.492. The van der Waals surface area contributed by atoms with E-state index in [1.54, 1.807) is 18.7 Å². The van der Waals surface area contributed by atoms with Crippen LogP contribution in [0.1, 0.15) is 20.3 Å². The van der Waals surface area contributed by atoms with Crippen molar-refractivity contribution >= 4 is 11.8 Å². The minimum atomic E-state index is -0.256. The van der Waals surface area contributed by atoms with Crippen molar-refractivity contribution in [1.29, 1.82) is 0 Å². The maximum absolute atomic E-state index is 9.07. The van der Waals surface area contributed by atoms with Gasteiger partial charge in [-0.15, -0.1) is 0 Å². The molecule has 0 saturated carbocycles. The van der Waals surface area contributed by atoms with Crippen LogP contribution in [0.2, 0.25) is 0 Å². The summed E-state index contributed by atoms with van der Waals surface area (Å²) in [5.74, 6) is 1.46. The van der Waals surface area contributed by atoms with Crippen LogP contribution in [-0.2, 0) is 0 Å². The molecule has 0 saturated heterocycles. The van der Waals surface area contributed by atoms with E-state index in [0.29, 0.717) is 0 Å². The molecule has 2 unspecified atom stereocenters. The lowest BCUT2D eigenvalue weighted by Crippen LogP contribution is -2.11.